The Morgan fingerprint density at radius 3 is 1.50 bits per heavy atom. The summed E-state index contributed by atoms with van der Waals surface area (Å²) in [5, 5.41) is 33.2. The molecule has 8 heteroatoms. The number of hydrogen-bond donors (Lipinski definition) is 4. The van der Waals surface area contributed by atoms with Gasteiger partial charge >= 0.3 is 11.9 Å². The smallest absolute Gasteiger partial charge is 0.306 e. The van der Waals surface area contributed by atoms with E-state index in [1.807, 2.05) is 0 Å². The van der Waals surface area contributed by atoms with E-state index in [0.29, 0.717) is 12.8 Å². The molecule has 0 radical (unpaired) electrons. The number of aliphatic hydroxyl groups is 2. The predicted molar refractivity (Wildman–Crippen MR) is 197 cm³/mol. The summed E-state index contributed by atoms with van der Waals surface area (Å²) in [7, 11) is 0. The van der Waals surface area contributed by atoms with Gasteiger partial charge in [0.2, 0.25) is 5.91 Å². The SMILES string of the molecule is CCCCCCCC/C=C\CCCCCCCC(=O)NC(COC(=O)CCC(=O)O)[C@H](O)[C@H](O)CCCCCCCCCCCCCC. The zero-order chi connectivity index (χ0) is 35.5. The van der Waals surface area contributed by atoms with Crippen LogP contribution in [0.3, 0.4) is 0 Å². The topological polar surface area (TPSA) is 133 Å². The van der Waals surface area contributed by atoms with Crippen molar-refractivity contribution in [3.8, 4) is 0 Å². The highest BCUT2D eigenvalue weighted by atomic mass is 16.5. The number of ether oxygens (including phenoxy) is 1. The quantitative estimate of drug-likeness (QED) is 0.0294. The second kappa shape index (κ2) is 34.9. The van der Waals surface area contributed by atoms with Crippen molar-refractivity contribution in [1.82, 2.24) is 5.32 Å². The minimum atomic E-state index is -1.29. The van der Waals surface area contributed by atoms with Crippen molar-refractivity contribution in [3.63, 3.8) is 0 Å². The second-order valence-corrected chi connectivity index (χ2v) is 13.8. The van der Waals surface area contributed by atoms with Crippen molar-refractivity contribution < 1.29 is 34.4 Å². The van der Waals surface area contributed by atoms with Gasteiger partial charge < -0.3 is 25.4 Å². The number of amides is 1. The summed E-state index contributed by atoms with van der Waals surface area (Å²) in [6.45, 7) is 4.17. The molecule has 0 aromatic heterocycles. The molecule has 0 saturated heterocycles. The maximum atomic E-state index is 12.7. The van der Waals surface area contributed by atoms with Crippen LogP contribution in [-0.2, 0) is 19.1 Å². The first-order valence-electron chi connectivity index (χ1n) is 20.0. The fourth-order valence-corrected chi connectivity index (χ4v) is 5.96. The number of carboxylic acid groups (broad SMARTS) is 1. The summed E-state index contributed by atoms with van der Waals surface area (Å²) in [5.74, 6) is -2.07. The molecule has 0 aliphatic rings. The predicted octanol–water partition coefficient (Wildman–Crippen LogP) is 9.73. The van der Waals surface area contributed by atoms with Gasteiger partial charge in [0.25, 0.3) is 0 Å². The number of rotatable bonds is 36. The lowest BCUT2D eigenvalue weighted by Gasteiger charge is -2.27. The molecule has 0 bridgehead atoms. The lowest BCUT2D eigenvalue weighted by Crippen LogP contribution is -2.51. The van der Waals surface area contributed by atoms with E-state index in [1.54, 1.807) is 0 Å². The maximum Gasteiger partial charge on any atom is 0.306 e. The Morgan fingerprint density at radius 1 is 0.583 bits per heavy atom. The largest absolute Gasteiger partial charge is 0.481 e. The molecule has 0 saturated carbocycles. The van der Waals surface area contributed by atoms with E-state index in [1.165, 1.54) is 103 Å². The highest BCUT2D eigenvalue weighted by Crippen LogP contribution is 2.16. The molecular formula is C40H75NO7. The molecule has 0 heterocycles. The van der Waals surface area contributed by atoms with E-state index in [9.17, 15) is 24.6 Å². The Bertz CT molecular complexity index is 788. The van der Waals surface area contributed by atoms with Crippen LogP contribution < -0.4 is 5.32 Å². The van der Waals surface area contributed by atoms with Crippen LogP contribution in [0.15, 0.2) is 12.2 Å². The van der Waals surface area contributed by atoms with E-state index in [0.717, 1.165) is 57.8 Å². The van der Waals surface area contributed by atoms with Gasteiger partial charge in [-0.1, -0.05) is 154 Å². The van der Waals surface area contributed by atoms with Gasteiger partial charge in [-0.25, -0.2) is 0 Å². The summed E-state index contributed by atoms with van der Waals surface area (Å²) < 4.78 is 5.18. The van der Waals surface area contributed by atoms with Crippen LogP contribution in [0.2, 0.25) is 0 Å². The van der Waals surface area contributed by atoms with Crippen LogP contribution in [0.5, 0.6) is 0 Å². The first kappa shape index (κ1) is 46.1. The third kappa shape index (κ3) is 31.3. The van der Waals surface area contributed by atoms with Crippen molar-refractivity contribution >= 4 is 17.8 Å². The number of esters is 1. The molecule has 1 unspecified atom stereocenters. The second-order valence-electron chi connectivity index (χ2n) is 13.8. The average molecular weight is 682 g/mol. The molecule has 0 fully saturated rings. The Kier molecular flexibility index (Phi) is 33.5. The van der Waals surface area contributed by atoms with Gasteiger partial charge in [-0.2, -0.15) is 0 Å². The molecule has 0 aromatic rings. The standard InChI is InChI=1S/C40H75NO7/c1-3-5-7-9-11-13-15-17-18-19-21-23-25-27-29-31-37(43)41-35(34-48-39(46)33-32-38(44)45)40(47)36(42)30-28-26-24-22-20-16-14-12-10-8-6-4-2/h17-18,35-36,40,42,47H,3-16,19-34H2,1-2H3,(H,41,43)(H,44,45)/b18-17-/t35?,36-,40+/m1/s1. The molecular weight excluding hydrogens is 606 g/mol. The molecule has 48 heavy (non-hydrogen) atoms. The van der Waals surface area contributed by atoms with E-state index < -0.39 is 30.2 Å². The summed E-state index contributed by atoms with van der Waals surface area (Å²) in [6, 6.07) is -0.957. The van der Waals surface area contributed by atoms with E-state index in [2.05, 4.69) is 31.3 Å². The number of aliphatic hydroxyl groups excluding tert-OH is 2. The average Bonchev–Trinajstić information content (AvgIpc) is 3.07. The minimum Gasteiger partial charge on any atom is -0.481 e. The van der Waals surface area contributed by atoms with Gasteiger partial charge in [0.05, 0.1) is 25.0 Å². The van der Waals surface area contributed by atoms with Gasteiger partial charge in [-0.05, 0) is 38.5 Å². The third-order valence-electron chi connectivity index (χ3n) is 9.14. The van der Waals surface area contributed by atoms with Crippen molar-refractivity contribution in [2.45, 2.75) is 218 Å². The molecule has 0 rings (SSSR count). The number of carboxylic acids is 1. The van der Waals surface area contributed by atoms with Gasteiger partial charge in [0.15, 0.2) is 0 Å². The number of allylic oxidation sites excluding steroid dienone is 2. The molecule has 0 aliphatic carbocycles. The van der Waals surface area contributed by atoms with Crippen LogP contribution in [0.25, 0.3) is 0 Å². The van der Waals surface area contributed by atoms with Gasteiger partial charge in [-0.3, -0.25) is 14.4 Å². The fourth-order valence-electron chi connectivity index (χ4n) is 5.96. The molecule has 3 atom stereocenters. The molecule has 8 nitrogen and oxygen atoms in total. The van der Waals surface area contributed by atoms with Crippen LogP contribution in [0.1, 0.15) is 200 Å². The number of unbranched alkanes of at least 4 members (excludes halogenated alkanes) is 22. The van der Waals surface area contributed by atoms with Crippen molar-refractivity contribution in [2.75, 3.05) is 6.61 Å². The Balaban J connectivity index is 4.33. The zero-order valence-electron chi connectivity index (χ0n) is 31.1. The zero-order valence-corrected chi connectivity index (χ0v) is 31.1. The number of aliphatic carboxylic acids is 1. The minimum absolute atomic E-state index is 0.254. The summed E-state index contributed by atoms with van der Waals surface area (Å²) >= 11 is 0. The number of hydrogen-bond acceptors (Lipinski definition) is 6. The third-order valence-corrected chi connectivity index (χ3v) is 9.14. The lowest BCUT2D eigenvalue weighted by atomic mass is 9.99. The molecule has 0 aliphatic heterocycles. The van der Waals surface area contributed by atoms with Crippen LogP contribution >= 0.6 is 0 Å². The van der Waals surface area contributed by atoms with Crippen LogP contribution in [-0.4, -0.2) is 58.0 Å². The molecule has 4 N–H and O–H groups in total. The van der Waals surface area contributed by atoms with E-state index >= 15 is 0 Å². The van der Waals surface area contributed by atoms with Gasteiger partial charge in [-0.15, -0.1) is 0 Å². The summed E-state index contributed by atoms with van der Waals surface area (Å²) in [4.78, 5) is 35.5. The molecule has 0 spiro atoms. The lowest BCUT2D eigenvalue weighted by molar-refractivity contribution is -0.150. The van der Waals surface area contributed by atoms with E-state index in [4.69, 9.17) is 9.84 Å². The molecule has 0 aromatic carbocycles. The van der Waals surface area contributed by atoms with Crippen LogP contribution in [0, 0.1) is 0 Å². The molecule has 282 valence electrons. The number of nitrogens with one attached hydrogen (secondary N) is 1. The highest BCUT2D eigenvalue weighted by molar-refractivity contribution is 5.77. The van der Waals surface area contributed by atoms with Gasteiger partial charge in [0, 0.05) is 6.42 Å². The van der Waals surface area contributed by atoms with Crippen LogP contribution in [0.4, 0.5) is 0 Å². The Hall–Kier alpha value is -1.93. The Labute approximate surface area is 294 Å². The summed E-state index contributed by atoms with van der Waals surface area (Å²) in [6.07, 6.45) is 32.0. The van der Waals surface area contributed by atoms with Crippen molar-refractivity contribution in [3.05, 3.63) is 12.2 Å². The van der Waals surface area contributed by atoms with E-state index in [-0.39, 0.29) is 25.4 Å². The monoisotopic (exact) mass is 682 g/mol. The first-order chi connectivity index (χ1) is 23.3. The van der Waals surface area contributed by atoms with Crippen molar-refractivity contribution in [1.29, 1.82) is 0 Å². The van der Waals surface area contributed by atoms with Gasteiger partial charge in [0.1, 0.15) is 12.7 Å². The van der Waals surface area contributed by atoms with Crippen molar-refractivity contribution in [2.24, 2.45) is 0 Å². The number of carbonyl (C=O) groups is 3. The molecule has 1 amide bonds. The maximum absolute atomic E-state index is 12.7. The first-order valence-corrected chi connectivity index (χ1v) is 20.0. The summed E-state index contributed by atoms with van der Waals surface area (Å²) in [5.41, 5.74) is 0. The number of carbonyl (C=O) groups excluding carboxylic acids is 2. The highest BCUT2D eigenvalue weighted by Gasteiger charge is 2.29. The fraction of sp³-hybridized carbons (Fsp3) is 0.875. The Morgan fingerprint density at radius 2 is 1.02 bits per heavy atom. The normalized spacial score (nSPS) is 13.4.